The number of nitrogens with one attached hydrogen (secondary N) is 1. The van der Waals surface area contributed by atoms with Gasteiger partial charge in [0.25, 0.3) is 5.69 Å². The molecule has 0 spiro atoms. The van der Waals surface area contributed by atoms with Gasteiger partial charge >= 0.3 is 0 Å². The standard InChI is InChI=1S/C14H21N3O2/c1-16(2)14(8-5-9-14)11-15-10-12-6-3-4-7-13(12)17(18)19/h3-4,6-7,15H,5,8-11H2,1-2H3. The molecule has 0 aliphatic heterocycles. The average molecular weight is 263 g/mol. The van der Waals surface area contributed by atoms with Crippen molar-refractivity contribution in [2.75, 3.05) is 20.6 Å². The molecule has 1 N–H and O–H groups in total. The van der Waals surface area contributed by atoms with Crippen molar-refractivity contribution in [1.29, 1.82) is 0 Å². The summed E-state index contributed by atoms with van der Waals surface area (Å²) < 4.78 is 0. The predicted octanol–water partition coefficient (Wildman–Crippen LogP) is 2.17. The van der Waals surface area contributed by atoms with Crippen LogP contribution in [0.2, 0.25) is 0 Å². The lowest BCUT2D eigenvalue weighted by Gasteiger charge is -2.47. The fraction of sp³-hybridized carbons (Fsp3) is 0.571. The van der Waals surface area contributed by atoms with E-state index in [2.05, 4.69) is 24.3 Å². The van der Waals surface area contributed by atoms with E-state index in [1.54, 1.807) is 12.1 Å². The van der Waals surface area contributed by atoms with Gasteiger partial charge in [-0.05, 0) is 33.4 Å². The van der Waals surface area contributed by atoms with Crippen LogP contribution in [0.5, 0.6) is 0 Å². The summed E-state index contributed by atoms with van der Waals surface area (Å²) >= 11 is 0. The fourth-order valence-corrected chi connectivity index (χ4v) is 2.64. The van der Waals surface area contributed by atoms with E-state index in [9.17, 15) is 10.1 Å². The van der Waals surface area contributed by atoms with Crippen molar-refractivity contribution in [1.82, 2.24) is 10.2 Å². The summed E-state index contributed by atoms with van der Waals surface area (Å²) in [5.74, 6) is 0. The Balaban J connectivity index is 1.94. The number of benzene rings is 1. The maximum Gasteiger partial charge on any atom is 0.273 e. The van der Waals surface area contributed by atoms with E-state index >= 15 is 0 Å². The first kappa shape index (κ1) is 14.0. The second-order valence-electron chi connectivity index (χ2n) is 5.46. The molecule has 0 atom stereocenters. The minimum Gasteiger partial charge on any atom is -0.311 e. The van der Waals surface area contributed by atoms with Crippen molar-refractivity contribution < 1.29 is 4.92 Å². The molecule has 1 aromatic rings. The first-order chi connectivity index (χ1) is 9.05. The van der Waals surface area contributed by atoms with Crippen molar-refractivity contribution in [3.05, 3.63) is 39.9 Å². The molecule has 104 valence electrons. The van der Waals surface area contributed by atoms with E-state index < -0.39 is 0 Å². The highest BCUT2D eigenvalue weighted by Crippen LogP contribution is 2.35. The summed E-state index contributed by atoms with van der Waals surface area (Å²) in [6, 6.07) is 6.92. The maximum absolute atomic E-state index is 10.9. The number of likely N-dealkylation sites (N-methyl/N-ethyl adjacent to an activating group) is 1. The van der Waals surface area contributed by atoms with Gasteiger partial charge in [-0.2, -0.15) is 0 Å². The lowest BCUT2D eigenvalue weighted by atomic mass is 9.75. The number of nitrogens with zero attached hydrogens (tertiary/aromatic N) is 2. The van der Waals surface area contributed by atoms with Gasteiger partial charge in [-0.15, -0.1) is 0 Å². The molecule has 0 saturated heterocycles. The van der Waals surface area contributed by atoms with Gasteiger partial charge in [0, 0.05) is 30.3 Å². The monoisotopic (exact) mass is 263 g/mol. The second kappa shape index (κ2) is 5.67. The first-order valence-electron chi connectivity index (χ1n) is 6.66. The third-order valence-electron chi connectivity index (χ3n) is 4.19. The lowest BCUT2D eigenvalue weighted by Crippen LogP contribution is -2.56. The van der Waals surface area contributed by atoms with Crippen LogP contribution in [0, 0.1) is 10.1 Å². The average Bonchev–Trinajstić information content (AvgIpc) is 2.32. The smallest absolute Gasteiger partial charge is 0.273 e. The van der Waals surface area contributed by atoms with Gasteiger partial charge in [-0.3, -0.25) is 10.1 Å². The number of hydrogen-bond donors (Lipinski definition) is 1. The molecule has 5 heteroatoms. The van der Waals surface area contributed by atoms with E-state index in [0.29, 0.717) is 6.54 Å². The molecule has 0 radical (unpaired) electrons. The van der Waals surface area contributed by atoms with Gasteiger partial charge < -0.3 is 10.2 Å². The molecule has 1 saturated carbocycles. The van der Waals surface area contributed by atoms with Crippen LogP contribution in [-0.4, -0.2) is 36.0 Å². The first-order valence-corrected chi connectivity index (χ1v) is 6.66. The molecule has 19 heavy (non-hydrogen) atoms. The number of nitro groups is 1. The lowest BCUT2D eigenvalue weighted by molar-refractivity contribution is -0.385. The van der Waals surface area contributed by atoms with Crippen LogP contribution in [-0.2, 0) is 6.54 Å². The molecule has 0 aromatic heterocycles. The van der Waals surface area contributed by atoms with E-state index in [-0.39, 0.29) is 16.1 Å². The zero-order chi connectivity index (χ0) is 13.9. The molecular formula is C14H21N3O2. The number of rotatable bonds is 6. The Hall–Kier alpha value is -1.46. The van der Waals surface area contributed by atoms with E-state index in [4.69, 9.17) is 0 Å². The Morgan fingerprint density at radius 1 is 1.37 bits per heavy atom. The Bertz CT molecular complexity index is 456. The van der Waals surface area contributed by atoms with Crippen molar-refractivity contribution >= 4 is 5.69 Å². The largest absolute Gasteiger partial charge is 0.311 e. The highest BCUT2D eigenvalue weighted by Gasteiger charge is 2.38. The molecule has 1 aliphatic rings. The highest BCUT2D eigenvalue weighted by molar-refractivity contribution is 5.39. The van der Waals surface area contributed by atoms with Crippen LogP contribution in [0.25, 0.3) is 0 Å². The molecule has 1 aromatic carbocycles. The minimum absolute atomic E-state index is 0.197. The van der Waals surface area contributed by atoms with Crippen molar-refractivity contribution in [3.8, 4) is 0 Å². The van der Waals surface area contributed by atoms with Gasteiger partial charge in [0.15, 0.2) is 0 Å². The van der Waals surface area contributed by atoms with Crippen LogP contribution >= 0.6 is 0 Å². The molecule has 0 heterocycles. The van der Waals surface area contributed by atoms with Crippen LogP contribution in [0.1, 0.15) is 24.8 Å². The zero-order valence-electron chi connectivity index (χ0n) is 11.6. The molecule has 2 rings (SSSR count). The topological polar surface area (TPSA) is 58.4 Å². The second-order valence-corrected chi connectivity index (χ2v) is 5.46. The fourth-order valence-electron chi connectivity index (χ4n) is 2.64. The van der Waals surface area contributed by atoms with Crippen molar-refractivity contribution in [2.24, 2.45) is 0 Å². The molecule has 0 unspecified atom stereocenters. The number of nitro benzene ring substituents is 1. The molecule has 1 fully saturated rings. The van der Waals surface area contributed by atoms with Crippen LogP contribution < -0.4 is 5.32 Å². The molecule has 1 aliphatic carbocycles. The minimum atomic E-state index is -0.317. The third kappa shape index (κ3) is 2.93. The molecular weight excluding hydrogens is 242 g/mol. The Morgan fingerprint density at radius 2 is 2.05 bits per heavy atom. The van der Waals surface area contributed by atoms with Gasteiger partial charge in [0.1, 0.15) is 0 Å². The van der Waals surface area contributed by atoms with Crippen LogP contribution in [0.15, 0.2) is 24.3 Å². The summed E-state index contributed by atoms with van der Waals surface area (Å²) in [6.45, 7) is 1.43. The SMILES string of the molecule is CN(C)C1(CNCc2ccccc2[N+](=O)[O-])CCC1. The van der Waals surface area contributed by atoms with E-state index in [0.717, 1.165) is 12.1 Å². The van der Waals surface area contributed by atoms with Gasteiger partial charge in [-0.1, -0.05) is 18.2 Å². The van der Waals surface area contributed by atoms with Crippen molar-refractivity contribution in [3.63, 3.8) is 0 Å². The summed E-state index contributed by atoms with van der Waals surface area (Å²) in [5.41, 5.74) is 1.19. The quantitative estimate of drug-likeness (QED) is 0.631. The summed E-state index contributed by atoms with van der Waals surface area (Å²) in [6.07, 6.45) is 3.67. The normalized spacial score (nSPS) is 17.2. The summed E-state index contributed by atoms with van der Waals surface area (Å²) in [5, 5.41) is 14.3. The van der Waals surface area contributed by atoms with E-state index in [1.165, 1.54) is 19.3 Å². The van der Waals surface area contributed by atoms with Gasteiger partial charge in [-0.25, -0.2) is 0 Å². The van der Waals surface area contributed by atoms with Crippen molar-refractivity contribution in [2.45, 2.75) is 31.3 Å². The van der Waals surface area contributed by atoms with Gasteiger partial charge in [0.05, 0.1) is 4.92 Å². The highest BCUT2D eigenvalue weighted by atomic mass is 16.6. The molecule has 0 bridgehead atoms. The Labute approximate surface area is 113 Å². The van der Waals surface area contributed by atoms with E-state index in [1.807, 2.05) is 12.1 Å². The number of hydrogen-bond acceptors (Lipinski definition) is 4. The molecule has 5 nitrogen and oxygen atoms in total. The zero-order valence-corrected chi connectivity index (χ0v) is 11.6. The predicted molar refractivity (Wildman–Crippen MR) is 75.1 cm³/mol. The Morgan fingerprint density at radius 3 is 2.58 bits per heavy atom. The van der Waals surface area contributed by atoms with Crippen LogP contribution in [0.3, 0.4) is 0 Å². The summed E-state index contributed by atoms with van der Waals surface area (Å²) in [4.78, 5) is 12.9. The van der Waals surface area contributed by atoms with Gasteiger partial charge in [0.2, 0.25) is 0 Å². The maximum atomic E-state index is 10.9. The molecule has 0 amide bonds. The summed E-state index contributed by atoms with van der Waals surface area (Å²) in [7, 11) is 4.21. The Kier molecular flexibility index (Phi) is 4.17. The third-order valence-corrected chi connectivity index (χ3v) is 4.19. The number of para-hydroxylation sites is 1. The van der Waals surface area contributed by atoms with Crippen LogP contribution in [0.4, 0.5) is 5.69 Å².